The number of aliphatic carboxylic acids is 1. The second kappa shape index (κ2) is 5.06. The van der Waals surface area contributed by atoms with Crippen molar-refractivity contribution in [3.8, 4) is 0 Å². The first-order valence-electron chi connectivity index (χ1n) is 7.59. The number of nitrogens with zero attached hydrogens (tertiary/aromatic N) is 3. The van der Waals surface area contributed by atoms with Crippen molar-refractivity contribution in [2.45, 2.75) is 63.6 Å². The van der Waals surface area contributed by atoms with Crippen LogP contribution in [0.4, 0.5) is 0 Å². The van der Waals surface area contributed by atoms with Crippen molar-refractivity contribution >= 4 is 16.0 Å². The summed E-state index contributed by atoms with van der Waals surface area (Å²) in [4.78, 5) is 11.6. The van der Waals surface area contributed by atoms with Crippen LogP contribution in [0.5, 0.6) is 0 Å². The summed E-state index contributed by atoms with van der Waals surface area (Å²) in [6.07, 6.45) is 1.79. The Balaban J connectivity index is 2.05. The fourth-order valence-electron chi connectivity index (χ4n) is 4.05. The zero-order valence-electron chi connectivity index (χ0n) is 13.0. The number of hydrogen-bond donors (Lipinski definition) is 1. The molecule has 3 atom stereocenters. The van der Waals surface area contributed by atoms with Gasteiger partial charge in [-0.25, -0.2) is 8.42 Å². The molecule has 2 aliphatic rings. The molecule has 3 heterocycles. The highest BCUT2D eigenvalue weighted by atomic mass is 32.2. The number of aromatic nitrogens is 2. The summed E-state index contributed by atoms with van der Waals surface area (Å²) in [5.41, 5.74) is 1.11. The molecule has 1 N–H and O–H groups in total. The molecule has 3 rings (SSSR count). The van der Waals surface area contributed by atoms with Gasteiger partial charge in [-0.2, -0.15) is 9.40 Å². The van der Waals surface area contributed by atoms with Gasteiger partial charge in [-0.15, -0.1) is 0 Å². The van der Waals surface area contributed by atoms with E-state index in [0.717, 1.165) is 6.42 Å². The lowest BCUT2D eigenvalue weighted by molar-refractivity contribution is -0.142. The molecule has 2 aliphatic heterocycles. The van der Waals surface area contributed by atoms with E-state index >= 15 is 0 Å². The van der Waals surface area contributed by atoms with E-state index in [1.54, 1.807) is 18.5 Å². The van der Waals surface area contributed by atoms with Gasteiger partial charge in [0.25, 0.3) is 0 Å². The summed E-state index contributed by atoms with van der Waals surface area (Å²) in [6, 6.07) is -0.615. The maximum atomic E-state index is 13.1. The average Bonchev–Trinajstić information content (AvgIpc) is 3.09. The molecule has 22 heavy (non-hydrogen) atoms. The van der Waals surface area contributed by atoms with Crippen LogP contribution in [0.25, 0.3) is 0 Å². The Morgan fingerprint density at radius 2 is 2.05 bits per heavy atom. The Morgan fingerprint density at radius 1 is 1.36 bits per heavy atom. The molecule has 0 radical (unpaired) electrons. The maximum Gasteiger partial charge on any atom is 0.308 e. The van der Waals surface area contributed by atoms with Gasteiger partial charge in [0.05, 0.1) is 17.3 Å². The monoisotopic (exact) mass is 327 g/mol. The van der Waals surface area contributed by atoms with Gasteiger partial charge in [0.1, 0.15) is 4.90 Å². The minimum absolute atomic E-state index is 0.195. The van der Waals surface area contributed by atoms with Gasteiger partial charge in [0, 0.05) is 18.6 Å². The van der Waals surface area contributed by atoms with Gasteiger partial charge in [-0.05, 0) is 40.0 Å². The van der Waals surface area contributed by atoms with E-state index in [0.29, 0.717) is 30.8 Å². The molecular weight excluding hydrogens is 306 g/mol. The first kappa shape index (κ1) is 15.5. The molecule has 2 fully saturated rings. The van der Waals surface area contributed by atoms with E-state index < -0.39 is 28.0 Å². The van der Waals surface area contributed by atoms with Crippen LogP contribution in [-0.2, 0) is 21.4 Å². The third-order valence-electron chi connectivity index (χ3n) is 4.94. The van der Waals surface area contributed by atoms with Crippen LogP contribution in [0.3, 0.4) is 0 Å². The number of hydrogen-bond acceptors (Lipinski definition) is 4. The predicted molar refractivity (Wildman–Crippen MR) is 79.0 cm³/mol. The molecule has 0 amide bonds. The SMILES string of the molecule is CCn1nc(C)c(S(=O)(=O)N2C3CCC2C(C(=O)O)C3)c1C. The van der Waals surface area contributed by atoms with Crippen molar-refractivity contribution in [1.29, 1.82) is 0 Å². The highest BCUT2D eigenvalue weighted by molar-refractivity contribution is 7.89. The smallest absolute Gasteiger partial charge is 0.308 e. The molecule has 0 aromatic carbocycles. The summed E-state index contributed by atoms with van der Waals surface area (Å²) in [7, 11) is -3.70. The van der Waals surface area contributed by atoms with E-state index in [4.69, 9.17) is 0 Å². The highest BCUT2D eigenvalue weighted by Gasteiger charge is 2.55. The van der Waals surface area contributed by atoms with Crippen LogP contribution in [0.1, 0.15) is 37.6 Å². The molecule has 0 spiro atoms. The van der Waals surface area contributed by atoms with Gasteiger partial charge >= 0.3 is 5.97 Å². The molecule has 0 saturated carbocycles. The molecule has 2 bridgehead atoms. The largest absolute Gasteiger partial charge is 0.481 e. The number of carboxylic acid groups (broad SMARTS) is 1. The fourth-order valence-corrected chi connectivity index (χ4v) is 6.34. The van der Waals surface area contributed by atoms with E-state index in [1.807, 2.05) is 6.92 Å². The van der Waals surface area contributed by atoms with Crippen molar-refractivity contribution in [3.05, 3.63) is 11.4 Å². The van der Waals surface area contributed by atoms with Gasteiger partial charge in [0.2, 0.25) is 10.0 Å². The van der Waals surface area contributed by atoms with Gasteiger partial charge in [-0.1, -0.05) is 0 Å². The molecular formula is C14H21N3O4S. The van der Waals surface area contributed by atoms with E-state index in [1.165, 1.54) is 4.31 Å². The van der Waals surface area contributed by atoms with E-state index in [9.17, 15) is 18.3 Å². The van der Waals surface area contributed by atoms with Crippen molar-refractivity contribution in [2.75, 3.05) is 0 Å². The normalized spacial score (nSPS) is 28.4. The number of carboxylic acids is 1. The number of rotatable bonds is 4. The third-order valence-corrected chi connectivity index (χ3v) is 7.17. The summed E-state index contributed by atoms with van der Waals surface area (Å²) >= 11 is 0. The van der Waals surface area contributed by atoms with Crippen molar-refractivity contribution in [1.82, 2.24) is 14.1 Å². The van der Waals surface area contributed by atoms with Crippen LogP contribution < -0.4 is 0 Å². The Labute approximate surface area is 130 Å². The molecule has 8 heteroatoms. The van der Waals surface area contributed by atoms with Crippen molar-refractivity contribution in [2.24, 2.45) is 5.92 Å². The van der Waals surface area contributed by atoms with Crippen LogP contribution >= 0.6 is 0 Å². The van der Waals surface area contributed by atoms with E-state index in [2.05, 4.69) is 5.10 Å². The number of sulfonamides is 1. The Morgan fingerprint density at radius 3 is 2.55 bits per heavy atom. The standard InChI is InChI=1S/C14H21N3O4S/c1-4-16-9(3)13(8(2)15-16)22(20,21)17-10-5-6-12(17)11(7-10)14(18)19/h10-12H,4-7H2,1-3H3,(H,18,19). The lowest BCUT2D eigenvalue weighted by Gasteiger charge is -2.22. The second-order valence-electron chi connectivity index (χ2n) is 6.13. The summed E-state index contributed by atoms with van der Waals surface area (Å²) in [6.45, 7) is 5.96. The molecule has 3 unspecified atom stereocenters. The average molecular weight is 327 g/mol. The van der Waals surface area contributed by atoms with Crippen LogP contribution in [-0.4, -0.2) is 45.7 Å². The topological polar surface area (TPSA) is 92.5 Å². The predicted octanol–water partition coefficient (Wildman–Crippen LogP) is 1.15. The number of fused-ring (bicyclic) bond motifs is 2. The third kappa shape index (κ3) is 2.00. The van der Waals surface area contributed by atoms with Crippen molar-refractivity contribution < 1.29 is 18.3 Å². The van der Waals surface area contributed by atoms with Gasteiger partial charge in [-0.3, -0.25) is 9.48 Å². The molecule has 122 valence electrons. The number of aryl methyl sites for hydroxylation is 2. The minimum Gasteiger partial charge on any atom is -0.481 e. The Hall–Kier alpha value is -1.41. The van der Waals surface area contributed by atoms with Crippen LogP contribution in [0, 0.1) is 19.8 Å². The second-order valence-corrected chi connectivity index (χ2v) is 7.91. The highest BCUT2D eigenvalue weighted by Crippen LogP contribution is 2.45. The van der Waals surface area contributed by atoms with Gasteiger partial charge < -0.3 is 5.11 Å². The zero-order chi connectivity index (χ0) is 16.2. The number of carbonyl (C=O) groups is 1. The van der Waals surface area contributed by atoms with Crippen LogP contribution in [0.15, 0.2) is 4.90 Å². The summed E-state index contributed by atoms with van der Waals surface area (Å²) in [5, 5.41) is 13.6. The molecule has 1 aromatic heterocycles. The maximum absolute atomic E-state index is 13.1. The molecule has 0 aliphatic carbocycles. The van der Waals surface area contributed by atoms with Crippen molar-refractivity contribution in [3.63, 3.8) is 0 Å². The lowest BCUT2D eigenvalue weighted by atomic mass is 9.89. The molecule has 1 aromatic rings. The first-order valence-corrected chi connectivity index (χ1v) is 9.03. The lowest BCUT2D eigenvalue weighted by Crippen LogP contribution is -2.38. The summed E-state index contributed by atoms with van der Waals surface area (Å²) in [5.74, 6) is -1.49. The van der Waals surface area contributed by atoms with Crippen LogP contribution in [0.2, 0.25) is 0 Å². The molecule has 2 saturated heterocycles. The van der Waals surface area contributed by atoms with E-state index in [-0.39, 0.29) is 10.9 Å². The molecule has 7 nitrogen and oxygen atoms in total. The fraction of sp³-hybridized carbons (Fsp3) is 0.714. The Bertz CT molecular complexity index is 725. The Kier molecular flexibility index (Phi) is 3.56. The zero-order valence-corrected chi connectivity index (χ0v) is 13.8. The summed E-state index contributed by atoms with van der Waals surface area (Å²) < 4.78 is 29.4. The minimum atomic E-state index is -3.70. The van der Waals surface area contributed by atoms with Gasteiger partial charge in [0.15, 0.2) is 0 Å². The first-order chi connectivity index (χ1) is 10.3. The quantitative estimate of drug-likeness (QED) is 0.895.